The van der Waals surface area contributed by atoms with Gasteiger partial charge in [-0.15, -0.1) is 11.8 Å². The van der Waals surface area contributed by atoms with E-state index in [0.29, 0.717) is 6.04 Å². The first-order chi connectivity index (χ1) is 8.22. The van der Waals surface area contributed by atoms with E-state index in [2.05, 4.69) is 27.9 Å². The highest BCUT2D eigenvalue weighted by Gasteiger charge is 2.26. The van der Waals surface area contributed by atoms with Crippen LogP contribution < -0.4 is 10.6 Å². The zero-order chi connectivity index (χ0) is 12.3. The molecular weight excluding hydrogens is 232 g/mol. The summed E-state index contributed by atoms with van der Waals surface area (Å²) in [5, 5.41) is 1.02. The molecule has 0 aliphatic carbocycles. The first-order valence-corrected chi connectivity index (χ1v) is 7.33. The maximum Gasteiger partial charge on any atom is 0.133 e. The molecule has 1 aliphatic heterocycles. The van der Waals surface area contributed by atoms with Crippen LogP contribution in [0.3, 0.4) is 0 Å². The van der Waals surface area contributed by atoms with Gasteiger partial charge in [0.05, 0.1) is 0 Å². The van der Waals surface area contributed by atoms with Crippen LogP contribution in [0, 0.1) is 0 Å². The van der Waals surface area contributed by atoms with E-state index in [1.165, 1.54) is 12.8 Å². The summed E-state index contributed by atoms with van der Waals surface area (Å²) in [5.41, 5.74) is 6.08. The highest BCUT2D eigenvalue weighted by molar-refractivity contribution is 7.98. The number of rotatable bonds is 3. The number of hydrogen-bond donors (Lipinski definition) is 1. The van der Waals surface area contributed by atoms with Crippen LogP contribution in [0.15, 0.2) is 17.4 Å². The van der Waals surface area contributed by atoms with Gasteiger partial charge < -0.3 is 10.6 Å². The van der Waals surface area contributed by atoms with E-state index in [-0.39, 0.29) is 6.04 Å². The molecule has 2 rings (SSSR count). The Balaban J connectivity index is 2.22. The Morgan fingerprint density at radius 1 is 1.47 bits per heavy atom. The quantitative estimate of drug-likeness (QED) is 0.658. The molecule has 94 valence electrons. The average Bonchev–Trinajstić information content (AvgIpc) is 2.39. The zero-order valence-electron chi connectivity index (χ0n) is 10.5. The molecule has 1 aromatic rings. The van der Waals surface area contributed by atoms with Crippen molar-refractivity contribution >= 4 is 17.6 Å². The summed E-state index contributed by atoms with van der Waals surface area (Å²) in [7, 11) is 0. The fourth-order valence-electron chi connectivity index (χ4n) is 2.39. The van der Waals surface area contributed by atoms with Gasteiger partial charge in [0.25, 0.3) is 0 Å². The molecule has 4 nitrogen and oxygen atoms in total. The number of piperidine rings is 1. The summed E-state index contributed by atoms with van der Waals surface area (Å²) < 4.78 is 0. The van der Waals surface area contributed by atoms with E-state index in [1.807, 2.05) is 6.26 Å². The molecule has 1 fully saturated rings. The Morgan fingerprint density at radius 2 is 2.29 bits per heavy atom. The Morgan fingerprint density at radius 3 is 3.00 bits per heavy atom. The van der Waals surface area contributed by atoms with Gasteiger partial charge in [0.15, 0.2) is 0 Å². The van der Waals surface area contributed by atoms with Crippen molar-refractivity contribution in [2.45, 2.75) is 43.3 Å². The molecule has 0 bridgehead atoms. The van der Waals surface area contributed by atoms with Gasteiger partial charge in [-0.1, -0.05) is 0 Å². The Hall–Kier alpha value is -0.810. The first kappa shape index (κ1) is 12.6. The number of aromatic nitrogens is 2. The van der Waals surface area contributed by atoms with E-state index in [4.69, 9.17) is 5.73 Å². The second kappa shape index (κ2) is 5.69. The van der Waals surface area contributed by atoms with E-state index in [0.717, 1.165) is 23.8 Å². The van der Waals surface area contributed by atoms with Crippen molar-refractivity contribution in [1.29, 1.82) is 0 Å². The van der Waals surface area contributed by atoms with Crippen LogP contribution >= 0.6 is 11.8 Å². The second-order valence-electron chi connectivity index (χ2n) is 4.53. The van der Waals surface area contributed by atoms with E-state index in [9.17, 15) is 0 Å². The lowest BCUT2D eigenvalue weighted by Crippen LogP contribution is -2.49. The van der Waals surface area contributed by atoms with Crippen LogP contribution in [-0.4, -0.2) is 34.9 Å². The third-order valence-electron chi connectivity index (χ3n) is 3.29. The SMILES string of the molecule is CSc1cc(N2CCCCC2C(C)N)ncn1. The molecule has 2 N–H and O–H groups in total. The first-order valence-electron chi connectivity index (χ1n) is 6.10. The van der Waals surface area contributed by atoms with Crippen LogP contribution in [0.4, 0.5) is 5.82 Å². The second-order valence-corrected chi connectivity index (χ2v) is 5.36. The molecule has 2 unspecified atom stereocenters. The van der Waals surface area contributed by atoms with Crippen molar-refractivity contribution in [3.8, 4) is 0 Å². The van der Waals surface area contributed by atoms with Crippen LogP contribution in [0.1, 0.15) is 26.2 Å². The summed E-state index contributed by atoms with van der Waals surface area (Å²) in [6.07, 6.45) is 7.33. The molecule has 1 aliphatic rings. The van der Waals surface area contributed by atoms with Crippen LogP contribution in [-0.2, 0) is 0 Å². The minimum absolute atomic E-state index is 0.183. The van der Waals surface area contributed by atoms with Crippen molar-refractivity contribution in [3.63, 3.8) is 0 Å². The monoisotopic (exact) mass is 252 g/mol. The van der Waals surface area contributed by atoms with E-state index >= 15 is 0 Å². The molecule has 0 saturated carbocycles. The predicted octanol–water partition coefficient (Wildman–Crippen LogP) is 1.90. The van der Waals surface area contributed by atoms with Gasteiger partial charge in [0.2, 0.25) is 0 Å². The van der Waals surface area contributed by atoms with Crippen molar-refractivity contribution < 1.29 is 0 Å². The topological polar surface area (TPSA) is 55.0 Å². The molecule has 0 spiro atoms. The lowest BCUT2D eigenvalue weighted by molar-refractivity contribution is 0.410. The third kappa shape index (κ3) is 2.90. The standard InChI is InChI=1S/C12H20N4S/c1-9(13)10-5-3-4-6-16(10)11-7-12(17-2)15-8-14-11/h7-10H,3-6,13H2,1-2H3. The number of hydrogen-bond acceptors (Lipinski definition) is 5. The molecule has 1 aromatic heterocycles. The van der Waals surface area contributed by atoms with Crippen molar-refractivity contribution in [1.82, 2.24) is 9.97 Å². The third-order valence-corrected chi connectivity index (χ3v) is 3.93. The lowest BCUT2D eigenvalue weighted by atomic mass is 9.97. The zero-order valence-corrected chi connectivity index (χ0v) is 11.3. The molecule has 2 heterocycles. The van der Waals surface area contributed by atoms with Crippen molar-refractivity contribution in [2.24, 2.45) is 5.73 Å². The summed E-state index contributed by atoms with van der Waals surface area (Å²) in [6.45, 7) is 3.14. The Kier molecular flexibility index (Phi) is 4.23. The average molecular weight is 252 g/mol. The molecule has 0 amide bonds. The Labute approximate surface area is 107 Å². The van der Waals surface area contributed by atoms with Gasteiger partial charge in [-0.05, 0) is 32.4 Å². The van der Waals surface area contributed by atoms with Crippen LogP contribution in [0.25, 0.3) is 0 Å². The minimum Gasteiger partial charge on any atom is -0.352 e. The van der Waals surface area contributed by atoms with Gasteiger partial charge in [0.1, 0.15) is 17.2 Å². The number of thioether (sulfide) groups is 1. The summed E-state index contributed by atoms with van der Waals surface area (Å²) >= 11 is 1.65. The van der Waals surface area contributed by atoms with Crippen LogP contribution in [0.2, 0.25) is 0 Å². The van der Waals surface area contributed by atoms with Gasteiger partial charge >= 0.3 is 0 Å². The maximum absolute atomic E-state index is 6.08. The fraction of sp³-hybridized carbons (Fsp3) is 0.667. The number of anilines is 1. The highest BCUT2D eigenvalue weighted by atomic mass is 32.2. The molecule has 0 radical (unpaired) electrons. The van der Waals surface area contributed by atoms with E-state index < -0.39 is 0 Å². The summed E-state index contributed by atoms with van der Waals surface area (Å²) in [4.78, 5) is 10.9. The van der Waals surface area contributed by atoms with Crippen molar-refractivity contribution in [2.75, 3.05) is 17.7 Å². The maximum atomic E-state index is 6.08. The summed E-state index contributed by atoms with van der Waals surface area (Å²) in [5.74, 6) is 1.02. The molecule has 2 atom stereocenters. The largest absolute Gasteiger partial charge is 0.352 e. The Bertz CT molecular complexity index is 369. The summed E-state index contributed by atoms with van der Waals surface area (Å²) in [6, 6.07) is 2.65. The number of nitrogens with two attached hydrogens (primary N) is 1. The highest BCUT2D eigenvalue weighted by Crippen LogP contribution is 2.26. The predicted molar refractivity (Wildman–Crippen MR) is 72.4 cm³/mol. The van der Waals surface area contributed by atoms with Gasteiger partial charge in [-0.2, -0.15) is 0 Å². The normalized spacial score (nSPS) is 22.5. The van der Waals surface area contributed by atoms with Crippen molar-refractivity contribution in [3.05, 3.63) is 12.4 Å². The van der Waals surface area contributed by atoms with Crippen LogP contribution in [0.5, 0.6) is 0 Å². The van der Waals surface area contributed by atoms with Gasteiger partial charge in [-0.3, -0.25) is 0 Å². The minimum atomic E-state index is 0.183. The van der Waals surface area contributed by atoms with Gasteiger partial charge in [-0.25, -0.2) is 9.97 Å². The molecule has 17 heavy (non-hydrogen) atoms. The van der Waals surface area contributed by atoms with E-state index in [1.54, 1.807) is 18.1 Å². The molecule has 1 saturated heterocycles. The smallest absolute Gasteiger partial charge is 0.133 e. The molecule has 5 heteroatoms. The molecular formula is C12H20N4S. The molecule has 0 aromatic carbocycles. The van der Waals surface area contributed by atoms with Gasteiger partial charge in [0, 0.05) is 24.7 Å². The lowest BCUT2D eigenvalue weighted by Gasteiger charge is -2.38. The number of nitrogens with zero attached hydrogens (tertiary/aromatic N) is 3. The fourth-order valence-corrected chi connectivity index (χ4v) is 2.76.